The molecule has 6 heteroatoms. The molecule has 4 rings (SSSR count). The number of benzene rings is 3. The number of carbonyl (C=O) groups excluding carboxylic acids is 1. The Morgan fingerprint density at radius 1 is 1.07 bits per heavy atom. The summed E-state index contributed by atoms with van der Waals surface area (Å²) in [5.74, 6) is -0.147. The van der Waals surface area contributed by atoms with E-state index in [4.69, 9.17) is 14.9 Å². The van der Waals surface area contributed by atoms with E-state index in [2.05, 4.69) is 0 Å². The molecular weight excluding hydrogens is 358 g/mol. The topological polar surface area (TPSA) is 103 Å². The number of fused-ring (bicyclic) bond motifs is 2. The van der Waals surface area contributed by atoms with E-state index in [0.717, 1.165) is 11.1 Å². The van der Waals surface area contributed by atoms with Crippen molar-refractivity contribution in [2.45, 2.75) is 6.42 Å². The molecule has 1 aliphatic carbocycles. The number of anilines is 1. The van der Waals surface area contributed by atoms with Crippen molar-refractivity contribution in [3.63, 3.8) is 0 Å². The summed E-state index contributed by atoms with van der Waals surface area (Å²) in [5.41, 5.74) is 8.18. The highest BCUT2D eigenvalue weighted by Gasteiger charge is 2.19. The van der Waals surface area contributed by atoms with Gasteiger partial charge in [-0.3, -0.25) is 4.79 Å². The van der Waals surface area contributed by atoms with Crippen molar-refractivity contribution in [1.29, 1.82) is 0 Å². The zero-order chi connectivity index (χ0) is 19.7. The normalized spacial score (nSPS) is 11.0. The summed E-state index contributed by atoms with van der Waals surface area (Å²) < 4.78 is 11.2. The number of esters is 1. The van der Waals surface area contributed by atoms with Crippen LogP contribution in [0.25, 0.3) is 22.3 Å². The predicted molar refractivity (Wildman–Crippen MR) is 106 cm³/mol. The van der Waals surface area contributed by atoms with Crippen LogP contribution >= 0.6 is 0 Å². The fraction of sp³-hybridized carbons (Fsp3) is 0.0909. The van der Waals surface area contributed by atoms with Crippen LogP contribution < -0.4 is 11.2 Å². The highest BCUT2D eigenvalue weighted by atomic mass is 16.5. The first-order chi connectivity index (χ1) is 13.5. The van der Waals surface area contributed by atoms with Crippen LogP contribution in [0.5, 0.6) is 5.75 Å². The Morgan fingerprint density at radius 2 is 1.86 bits per heavy atom. The van der Waals surface area contributed by atoms with Crippen LogP contribution in [0.15, 0.2) is 69.9 Å². The minimum atomic E-state index is -0.408. The molecule has 0 aromatic heterocycles. The average molecular weight is 375 g/mol. The molecule has 1 aliphatic heterocycles. The van der Waals surface area contributed by atoms with Gasteiger partial charge in [0.05, 0.1) is 12.2 Å². The largest absolute Gasteiger partial charge is 0.506 e. The Labute approximate surface area is 160 Å². The number of hydrogen-bond acceptors (Lipinski definition) is 6. The summed E-state index contributed by atoms with van der Waals surface area (Å²) in [6, 6.07) is 16.4. The van der Waals surface area contributed by atoms with Crippen LogP contribution in [0.3, 0.4) is 0 Å². The van der Waals surface area contributed by atoms with Gasteiger partial charge < -0.3 is 20.0 Å². The summed E-state index contributed by atoms with van der Waals surface area (Å²) in [4.78, 5) is 23.9. The van der Waals surface area contributed by atoms with Crippen molar-refractivity contribution >= 4 is 22.6 Å². The molecule has 0 spiro atoms. The Morgan fingerprint density at radius 3 is 2.64 bits per heavy atom. The minimum Gasteiger partial charge on any atom is -0.506 e. The third-order valence-electron chi connectivity index (χ3n) is 4.58. The molecular formula is C22H17NO5. The summed E-state index contributed by atoms with van der Waals surface area (Å²) in [7, 11) is 0. The molecule has 0 amide bonds. The first-order valence-electron chi connectivity index (χ1n) is 8.73. The Kier molecular flexibility index (Phi) is 4.45. The van der Waals surface area contributed by atoms with Crippen LogP contribution in [0.4, 0.5) is 5.69 Å². The second-order valence-corrected chi connectivity index (χ2v) is 6.37. The second kappa shape index (κ2) is 7.08. The number of phenols is 1. The van der Waals surface area contributed by atoms with Crippen LogP contribution in [-0.4, -0.2) is 17.7 Å². The SMILES string of the molecule is Nc1c(O)ccc2c(CCOC(=O)c3ccccc3)c3ccc(=O)cc-3oc12. The maximum Gasteiger partial charge on any atom is 0.338 e. The summed E-state index contributed by atoms with van der Waals surface area (Å²) in [5, 5.41) is 10.6. The van der Waals surface area contributed by atoms with E-state index >= 15 is 0 Å². The average Bonchev–Trinajstić information content (AvgIpc) is 2.71. The smallest absolute Gasteiger partial charge is 0.338 e. The van der Waals surface area contributed by atoms with Gasteiger partial charge in [-0.2, -0.15) is 0 Å². The number of phenolic OH excluding ortho intramolecular Hbond substituents is 1. The summed E-state index contributed by atoms with van der Waals surface area (Å²) in [6.45, 7) is 0.141. The molecule has 0 unspecified atom stereocenters. The summed E-state index contributed by atoms with van der Waals surface area (Å²) in [6.07, 6.45) is 0.393. The quantitative estimate of drug-likeness (QED) is 0.245. The fourth-order valence-electron chi connectivity index (χ4n) is 3.20. The lowest BCUT2D eigenvalue weighted by Gasteiger charge is -2.16. The lowest BCUT2D eigenvalue weighted by Crippen LogP contribution is -2.10. The highest BCUT2D eigenvalue weighted by molar-refractivity contribution is 5.96. The summed E-state index contributed by atoms with van der Waals surface area (Å²) >= 11 is 0. The molecule has 0 saturated heterocycles. The van der Waals surface area contributed by atoms with Gasteiger partial charge in [0.25, 0.3) is 0 Å². The maximum absolute atomic E-state index is 12.2. The van der Waals surface area contributed by atoms with E-state index in [1.165, 1.54) is 18.2 Å². The molecule has 2 aromatic rings. The minimum absolute atomic E-state index is 0.0956. The zero-order valence-electron chi connectivity index (χ0n) is 14.8. The van der Waals surface area contributed by atoms with Crippen LogP contribution in [0.2, 0.25) is 0 Å². The number of ether oxygens (including phenoxy) is 1. The molecule has 2 aromatic carbocycles. The number of carbonyl (C=O) groups is 1. The van der Waals surface area contributed by atoms with E-state index in [1.807, 2.05) is 6.07 Å². The van der Waals surface area contributed by atoms with Crippen molar-refractivity contribution in [3.05, 3.63) is 82.0 Å². The number of nitrogen functional groups attached to an aromatic ring is 1. The van der Waals surface area contributed by atoms with Crippen molar-refractivity contribution in [1.82, 2.24) is 0 Å². The van der Waals surface area contributed by atoms with Crippen LogP contribution in [-0.2, 0) is 11.2 Å². The first-order valence-corrected chi connectivity index (χ1v) is 8.73. The van der Waals surface area contributed by atoms with Gasteiger partial charge in [0, 0.05) is 23.4 Å². The van der Waals surface area contributed by atoms with Crippen LogP contribution in [0, 0.1) is 0 Å². The third kappa shape index (κ3) is 3.16. The van der Waals surface area contributed by atoms with Crippen LogP contribution in [0.1, 0.15) is 15.9 Å². The van der Waals surface area contributed by atoms with E-state index < -0.39 is 5.97 Å². The number of rotatable bonds is 4. The zero-order valence-corrected chi connectivity index (χ0v) is 14.8. The molecule has 0 saturated carbocycles. The van der Waals surface area contributed by atoms with Gasteiger partial charge >= 0.3 is 5.97 Å². The van der Waals surface area contributed by atoms with Gasteiger partial charge in [0.15, 0.2) is 11.0 Å². The lowest BCUT2D eigenvalue weighted by atomic mass is 9.97. The third-order valence-corrected chi connectivity index (χ3v) is 4.58. The Bertz CT molecular complexity index is 1200. The van der Waals surface area contributed by atoms with Gasteiger partial charge in [0.2, 0.25) is 0 Å². The lowest BCUT2D eigenvalue weighted by molar-refractivity contribution is 0.0509. The molecule has 0 atom stereocenters. The molecule has 2 aliphatic rings. The maximum atomic E-state index is 12.2. The molecule has 6 nitrogen and oxygen atoms in total. The van der Waals surface area contributed by atoms with Gasteiger partial charge in [-0.05, 0) is 42.0 Å². The van der Waals surface area contributed by atoms with E-state index in [-0.39, 0.29) is 23.5 Å². The predicted octanol–water partition coefficient (Wildman–Crippen LogP) is 3.59. The first kappa shape index (κ1) is 17.6. The van der Waals surface area contributed by atoms with Gasteiger partial charge in [-0.25, -0.2) is 4.79 Å². The van der Waals surface area contributed by atoms with E-state index in [1.54, 1.807) is 36.4 Å². The number of nitrogens with two attached hydrogens (primary N) is 1. The highest BCUT2D eigenvalue weighted by Crippen LogP contribution is 2.38. The Hall–Kier alpha value is -3.80. The molecule has 0 bridgehead atoms. The van der Waals surface area contributed by atoms with Crippen molar-refractivity contribution in [3.8, 4) is 17.1 Å². The molecule has 0 radical (unpaired) electrons. The fourth-order valence-corrected chi connectivity index (χ4v) is 3.20. The number of hydrogen-bond donors (Lipinski definition) is 2. The van der Waals surface area contributed by atoms with Crippen molar-refractivity contribution in [2.75, 3.05) is 12.3 Å². The molecule has 140 valence electrons. The van der Waals surface area contributed by atoms with Gasteiger partial charge in [0.1, 0.15) is 17.2 Å². The van der Waals surface area contributed by atoms with E-state index in [9.17, 15) is 14.7 Å². The molecule has 3 N–H and O–H groups in total. The molecule has 28 heavy (non-hydrogen) atoms. The van der Waals surface area contributed by atoms with E-state index in [0.29, 0.717) is 28.7 Å². The molecule has 1 heterocycles. The van der Waals surface area contributed by atoms with Crippen molar-refractivity contribution < 1.29 is 19.1 Å². The molecule has 0 fully saturated rings. The standard InChI is InChI=1S/C22H17NO5/c23-20-18(25)9-8-17-15(10-11-27-22(26)13-4-2-1-3-5-13)16-7-6-14(24)12-19(16)28-21(17)20/h1-9,12,25H,10-11,23H2. The number of aromatic hydroxyl groups is 1. The van der Waals surface area contributed by atoms with Gasteiger partial charge in [-0.1, -0.05) is 18.2 Å². The van der Waals surface area contributed by atoms with Gasteiger partial charge in [-0.15, -0.1) is 0 Å². The van der Waals surface area contributed by atoms with Crippen molar-refractivity contribution in [2.24, 2.45) is 0 Å². The monoisotopic (exact) mass is 375 g/mol. The Balaban J connectivity index is 1.71. The second-order valence-electron chi connectivity index (χ2n) is 6.37.